The van der Waals surface area contributed by atoms with Crippen LogP contribution in [-0.2, 0) is 30.8 Å². The number of carbonyl (C=O) groups is 5. The number of Topliss-reactive ketones (excluding diaryl/α,β-unsaturated/α-hetero) is 1. The van der Waals surface area contributed by atoms with Gasteiger partial charge in [-0.15, -0.1) is 0 Å². The summed E-state index contributed by atoms with van der Waals surface area (Å²) in [5.74, 6) is -8.74. The van der Waals surface area contributed by atoms with Crippen molar-refractivity contribution in [3.8, 4) is 11.5 Å². The van der Waals surface area contributed by atoms with Gasteiger partial charge in [0, 0.05) is 22.7 Å². The summed E-state index contributed by atoms with van der Waals surface area (Å²) in [4.78, 5) is 75.8. The van der Waals surface area contributed by atoms with Gasteiger partial charge in [0.2, 0.25) is 11.8 Å². The number of hydrogen-bond donors (Lipinski definition) is 2. The average Bonchev–Trinajstić information content (AvgIpc) is 3.57. The fraction of sp³-hybridized carbons (Fsp3) is 0.268. The summed E-state index contributed by atoms with van der Waals surface area (Å²) in [5.41, 5.74) is 1.41. The molecular formula is C41H30Cl3F3N4O7. The third-order valence-electron chi connectivity index (χ3n) is 11.7. The lowest BCUT2D eigenvalue weighted by atomic mass is 9.49. The second kappa shape index (κ2) is 14.1. The molecule has 0 spiro atoms. The number of phenolic OH excluding ortho intramolecular Hbond substituents is 1. The van der Waals surface area contributed by atoms with E-state index in [2.05, 4.69) is 10.4 Å². The van der Waals surface area contributed by atoms with Crippen molar-refractivity contribution in [2.24, 2.45) is 23.7 Å². The number of ketones is 1. The number of pyridine rings is 1. The fourth-order valence-electron chi connectivity index (χ4n) is 9.17. The molecule has 4 aliphatic rings. The van der Waals surface area contributed by atoms with Gasteiger partial charge < -0.3 is 9.84 Å². The van der Waals surface area contributed by atoms with E-state index in [1.807, 2.05) is 0 Å². The van der Waals surface area contributed by atoms with Crippen LogP contribution in [0.15, 0.2) is 84.6 Å². The van der Waals surface area contributed by atoms with Crippen molar-refractivity contribution in [1.82, 2.24) is 9.99 Å². The van der Waals surface area contributed by atoms with Gasteiger partial charge in [-0.1, -0.05) is 58.6 Å². The summed E-state index contributed by atoms with van der Waals surface area (Å²) in [6, 6.07) is 15.8. The van der Waals surface area contributed by atoms with Gasteiger partial charge in [-0.05, 0) is 91.4 Å². The SMILES string of the molecule is COc1cc(C2C3=CCC4C(=O)N(c5ccc(C(C)=O)cc5)C(=O)C4C3CC3C(=O)N(Nc4ncc(C(F)(F)F)cc4Cl)C(=O)C32c2ccc(Cl)cc2)cc(Cl)c1O. The molecule has 8 rings (SSSR count). The minimum atomic E-state index is -4.78. The van der Waals surface area contributed by atoms with E-state index in [1.165, 1.54) is 62.6 Å². The molecule has 17 heteroatoms. The molecule has 2 aliphatic heterocycles. The molecule has 4 aromatic rings. The highest BCUT2D eigenvalue weighted by molar-refractivity contribution is 6.33. The summed E-state index contributed by atoms with van der Waals surface area (Å²) >= 11 is 19.2. The van der Waals surface area contributed by atoms with Crippen LogP contribution < -0.4 is 15.1 Å². The van der Waals surface area contributed by atoms with E-state index in [4.69, 9.17) is 39.5 Å². The maximum Gasteiger partial charge on any atom is 0.417 e. The van der Waals surface area contributed by atoms with Gasteiger partial charge in [0.1, 0.15) is 0 Å². The van der Waals surface area contributed by atoms with E-state index < -0.39 is 87.0 Å². The number of rotatable bonds is 7. The molecule has 6 unspecified atom stereocenters. The first-order valence-corrected chi connectivity index (χ1v) is 19.0. The number of amides is 4. The molecule has 1 saturated carbocycles. The molecular weight excluding hydrogens is 824 g/mol. The first-order valence-electron chi connectivity index (χ1n) is 17.9. The van der Waals surface area contributed by atoms with Crippen molar-refractivity contribution in [3.63, 3.8) is 0 Å². The maximum absolute atomic E-state index is 15.4. The van der Waals surface area contributed by atoms with Gasteiger partial charge in [0.25, 0.3) is 11.8 Å². The molecule has 298 valence electrons. The van der Waals surface area contributed by atoms with Crippen LogP contribution in [0.3, 0.4) is 0 Å². The number of aromatic hydroxyl groups is 1. The molecule has 3 aromatic carbocycles. The zero-order chi connectivity index (χ0) is 41.6. The predicted octanol–water partition coefficient (Wildman–Crippen LogP) is 8.17. The first kappa shape index (κ1) is 39.4. The topological polar surface area (TPSA) is 146 Å². The molecule has 11 nitrogen and oxygen atoms in total. The first-order chi connectivity index (χ1) is 27.5. The van der Waals surface area contributed by atoms with Crippen molar-refractivity contribution >= 4 is 75.7 Å². The molecule has 6 atom stereocenters. The predicted molar refractivity (Wildman–Crippen MR) is 205 cm³/mol. The van der Waals surface area contributed by atoms with Crippen LogP contribution in [-0.4, -0.2) is 51.6 Å². The Morgan fingerprint density at radius 1 is 0.931 bits per heavy atom. The summed E-state index contributed by atoms with van der Waals surface area (Å²) in [6.07, 6.45) is -2.51. The van der Waals surface area contributed by atoms with Crippen LogP contribution in [0.25, 0.3) is 0 Å². The van der Waals surface area contributed by atoms with Crippen LogP contribution in [0.2, 0.25) is 15.1 Å². The van der Waals surface area contributed by atoms with Gasteiger partial charge in [-0.2, -0.15) is 18.2 Å². The molecule has 0 radical (unpaired) electrons. The number of nitrogens with one attached hydrogen (secondary N) is 1. The Morgan fingerprint density at radius 2 is 1.62 bits per heavy atom. The van der Waals surface area contributed by atoms with E-state index in [0.717, 1.165) is 4.90 Å². The van der Waals surface area contributed by atoms with Gasteiger partial charge >= 0.3 is 6.18 Å². The van der Waals surface area contributed by atoms with E-state index in [-0.39, 0.29) is 35.1 Å². The highest BCUT2D eigenvalue weighted by Crippen LogP contribution is 2.65. The number of allylic oxidation sites excluding steroid dienone is 2. The van der Waals surface area contributed by atoms with E-state index in [1.54, 1.807) is 18.2 Å². The molecule has 58 heavy (non-hydrogen) atoms. The lowest BCUT2D eigenvalue weighted by molar-refractivity contribution is -0.139. The minimum absolute atomic E-state index is 0.0542. The highest BCUT2D eigenvalue weighted by atomic mass is 35.5. The Hall–Kier alpha value is -5.44. The number of phenols is 1. The van der Waals surface area contributed by atoms with Crippen molar-refractivity contribution in [3.05, 3.63) is 122 Å². The van der Waals surface area contributed by atoms with Crippen molar-refractivity contribution < 1.29 is 47.0 Å². The minimum Gasteiger partial charge on any atom is -0.503 e. The lowest BCUT2D eigenvalue weighted by Gasteiger charge is -2.50. The van der Waals surface area contributed by atoms with Crippen LogP contribution in [0, 0.1) is 23.7 Å². The van der Waals surface area contributed by atoms with Gasteiger partial charge in [0.05, 0.1) is 51.6 Å². The number of hydrogen-bond acceptors (Lipinski definition) is 9. The van der Waals surface area contributed by atoms with E-state index >= 15 is 4.79 Å². The number of nitrogens with zero attached hydrogens (tertiary/aromatic N) is 3. The summed E-state index contributed by atoms with van der Waals surface area (Å²) in [5, 5.41) is 11.1. The largest absolute Gasteiger partial charge is 0.503 e. The Morgan fingerprint density at radius 3 is 2.24 bits per heavy atom. The van der Waals surface area contributed by atoms with Crippen molar-refractivity contribution in [1.29, 1.82) is 0 Å². The summed E-state index contributed by atoms with van der Waals surface area (Å²) in [6.45, 7) is 1.39. The zero-order valence-corrected chi connectivity index (χ0v) is 32.6. The summed E-state index contributed by atoms with van der Waals surface area (Å²) in [7, 11) is 1.30. The fourth-order valence-corrected chi connectivity index (χ4v) is 9.73. The Labute approximate surface area is 343 Å². The van der Waals surface area contributed by atoms with Gasteiger partial charge in [0.15, 0.2) is 23.1 Å². The van der Waals surface area contributed by atoms with Crippen molar-refractivity contribution in [2.45, 2.75) is 37.3 Å². The van der Waals surface area contributed by atoms with Crippen LogP contribution in [0.5, 0.6) is 11.5 Å². The van der Waals surface area contributed by atoms with Crippen molar-refractivity contribution in [2.75, 3.05) is 17.4 Å². The maximum atomic E-state index is 15.4. The lowest BCUT2D eigenvalue weighted by Crippen LogP contribution is -2.53. The van der Waals surface area contributed by atoms with Crippen LogP contribution >= 0.6 is 34.8 Å². The number of aromatic nitrogens is 1. The molecule has 1 aromatic heterocycles. The average molecular weight is 854 g/mol. The molecule has 3 heterocycles. The second-order valence-corrected chi connectivity index (χ2v) is 15.8. The molecule has 0 bridgehead atoms. The number of alkyl halides is 3. The standard InChI is InChI=1S/C41H30Cl3F3N4O7/c1-18(52)19-3-9-24(10-4-19)50-36(54)26-12-11-25-27(32(26)38(50)56)16-28-37(55)51(49-35-30(44)15-22(17-48-35)41(45,46)47)39(57)40(28,21-5-7-23(42)8-6-21)33(25)20-13-29(43)34(53)31(14-20)58-2/h3-11,13-15,17,26-28,32-33,53H,12,16H2,1-2H3,(H,48,49). The Balaban J connectivity index is 1.32. The third-order valence-corrected chi connectivity index (χ3v) is 12.5. The Bertz CT molecular complexity index is 2480. The third kappa shape index (κ3) is 5.94. The van der Waals surface area contributed by atoms with Crippen LogP contribution in [0.4, 0.5) is 24.7 Å². The summed E-state index contributed by atoms with van der Waals surface area (Å²) < 4.78 is 46.0. The van der Waals surface area contributed by atoms with E-state index in [9.17, 15) is 37.5 Å². The number of carbonyl (C=O) groups excluding carboxylic acids is 5. The molecule has 4 amide bonds. The number of ether oxygens (including phenoxy) is 1. The number of benzene rings is 3. The van der Waals surface area contributed by atoms with Crippen LogP contribution in [0.1, 0.15) is 52.7 Å². The molecule has 3 fully saturated rings. The number of anilines is 2. The quantitative estimate of drug-likeness (QED) is 0.107. The second-order valence-electron chi connectivity index (χ2n) is 14.6. The zero-order valence-electron chi connectivity index (χ0n) is 30.3. The number of hydrazine groups is 1. The number of imide groups is 2. The number of fused-ring (bicyclic) bond motifs is 4. The highest BCUT2D eigenvalue weighted by Gasteiger charge is 2.70. The number of methoxy groups -OCH3 is 1. The molecule has 2 aliphatic carbocycles. The van der Waals surface area contributed by atoms with Gasteiger partial charge in [-0.3, -0.25) is 34.3 Å². The number of halogens is 6. The van der Waals surface area contributed by atoms with E-state index in [0.29, 0.717) is 44.6 Å². The normalized spacial score (nSPS) is 25.3. The molecule has 2 saturated heterocycles. The smallest absolute Gasteiger partial charge is 0.417 e. The monoisotopic (exact) mass is 852 g/mol. The Kier molecular flexibility index (Phi) is 9.60. The molecule has 2 N–H and O–H groups in total. The van der Waals surface area contributed by atoms with Gasteiger partial charge in [-0.25, -0.2) is 4.98 Å².